The average Bonchev–Trinajstić information content (AvgIpc) is 3.52. The number of nitrogens with zero attached hydrogens (tertiary/aromatic N) is 5. The van der Waals surface area contributed by atoms with Crippen molar-refractivity contribution >= 4 is 23.7 Å². The molecule has 0 spiro atoms. The van der Waals surface area contributed by atoms with Crippen molar-refractivity contribution in [3.8, 4) is 23.0 Å². The second-order valence-electron chi connectivity index (χ2n) is 9.81. The van der Waals surface area contributed by atoms with Crippen LogP contribution < -0.4 is 10.1 Å². The Kier molecular flexibility index (Phi) is 7.81. The topological polar surface area (TPSA) is 130 Å². The number of carbonyl (C=O) groups is 2. The summed E-state index contributed by atoms with van der Waals surface area (Å²) in [5.41, 5.74) is -0.972. The largest absolute Gasteiger partial charge is 0.466 e. The summed E-state index contributed by atoms with van der Waals surface area (Å²) in [6, 6.07) is 7.02. The van der Waals surface area contributed by atoms with Crippen LogP contribution in [0.25, 0.3) is 11.4 Å². The van der Waals surface area contributed by atoms with Crippen LogP contribution in [0.15, 0.2) is 36.5 Å². The molecule has 0 bridgehead atoms. The first kappa shape index (κ1) is 27.2. The first-order valence-electron chi connectivity index (χ1n) is 12.0. The fourth-order valence-corrected chi connectivity index (χ4v) is 3.92. The number of ether oxygens (including phenoxy) is 3. The highest BCUT2D eigenvalue weighted by Crippen LogP contribution is 2.50. The van der Waals surface area contributed by atoms with Crippen molar-refractivity contribution in [3.05, 3.63) is 47.4 Å². The highest BCUT2D eigenvalue weighted by Gasteiger charge is 2.58. The lowest BCUT2D eigenvalue weighted by Crippen LogP contribution is -2.49. The van der Waals surface area contributed by atoms with Gasteiger partial charge in [0.05, 0.1) is 29.6 Å². The summed E-state index contributed by atoms with van der Waals surface area (Å²) < 4.78 is 30.1. The number of esters is 1. The molecule has 1 atom stereocenters. The van der Waals surface area contributed by atoms with Crippen molar-refractivity contribution in [2.45, 2.75) is 58.7 Å². The van der Waals surface area contributed by atoms with Gasteiger partial charge < -0.3 is 19.5 Å². The Morgan fingerprint density at radius 2 is 1.95 bits per heavy atom. The number of rotatable bonds is 9. The predicted octanol–water partition coefficient (Wildman–Crippen LogP) is 4.56. The number of hydrogen-bond acceptors (Lipinski definition) is 9. The van der Waals surface area contributed by atoms with Gasteiger partial charge in [0.25, 0.3) is 5.88 Å². The molecule has 2 aromatic heterocycles. The Morgan fingerprint density at radius 1 is 1.24 bits per heavy atom. The molecule has 3 aromatic rings. The van der Waals surface area contributed by atoms with Gasteiger partial charge in [0.15, 0.2) is 5.82 Å². The standard InChI is InChI=1S/C25H28ClFN6O5/c1-5-36-22(34)25(10-11-25)19(29-23(35)38-24(2,3)4)14-33-31-20(30-32-33)15-6-8-17(9-7-15)37-21-18(27)12-16(26)13-28-21/h6-9,12-13,19H,5,10-11,14H2,1-4H3,(H,29,35). The van der Waals surface area contributed by atoms with Gasteiger partial charge in [-0.15, -0.1) is 10.2 Å². The Hall–Kier alpha value is -3.80. The fraction of sp³-hybridized carbons (Fsp3) is 0.440. The molecule has 1 saturated carbocycles. The van der Waals surface area contributed by atoms with E-state index in [0.717, 1.165) is 6.07 Å². The van der Waals surface area contributed by atoms with Gasteiger partial charge in [0, 0.05) is 11.8 Å². The minimum absolute atomic E-state index is 0.0771. The third-order valence-corrected chi connectivity index (χ3v) is 5.94. The molecule has 202 valence electrons. The van der Waals surface area contributed by atoms with Crippen LogP contribution in [0, 0.1) is 11.2 Å². The quantitative estimate of drug-likeness (QED) is 0.384. The van der Waals surface area contributed by atoms with E-state index in [9.17, 15) is 14.0 Å². The van der Waals surface area contributed by atoms with E-state index < -0.39 is 29.0 Å². The zero-order chi connectivity index (χ0) is 27.5. The van der Waals surface area contributed by atoms with Crippen LogP contribution in [0.4, 0.5) is 9.18 Å². The molecule has 1 unspecified atom stereocenters. The van der Waals surface area contributed by atoms with Crippen molar-refractivity contribution in [1.29, 1.82) is 0 Å². The Morgan fingerprint density at radius 3 is 2.55 bits per heavy atom. The number of hydrogen-bond donors (Lipinski definition) is 1. The van der Waals surface area contributed by atoms with Crippen LogP contribution in [-0.4, -0.2) is 55.5 Å². The SMILES string of the molecule is CCOC(=O)C1(C(Cn2nnc(-c3ccc(Oc4ncc(Cl)cc4F)cc3)n2)NC(=O)OC(C)(C)C)CC1. The van der Waals surface area contributed by atoms with Crippen molar-refractivity contribution in [2.24, 2.45) is 5.41 Å². The molecule has 4 rings (SSSR count). The van der Waals surface area contributed by atoms with Crippen LogP contribution in [0.2, 0.25) is 5.02 Å². The molecule has 1 N–H and O–H groups in total. The van der Waals surface area contributed by atoms with E-state index in [1.54, 1.807) is 52.0 Å². The molecule has 38 heavy (non-hydrogen) atoms. The van der Waals surface area contributed by atoms with Crippen LogP contribution in [0.1, 0.15) is 40.5 Å². The van der Waals surface area contributed by atoms with Gasteiger partial charge in [-0.2, -0.15) is 4.80 Å². The molecule has 11 nitrogen and oxygen atoms in total. The van der Waals surface area contributed by atoms with E-state index in [1.807, 2.05) is 0 Å². The number of aromatic nitrogens is 5. The number of alkyl carbamates (subject to hydrolysis) is 1. The van der Waals surface area contributed by atoms with Gasteiger partial charge in [-0.05, 0) is 76.1 Å². The predicted molar refractivity (Wildman–Crippen MR) is 134 cm³/mol. The maximum atomic E-state index is 14.0. The highest BCUT2D eigenvalue weighted by molar-refractivity contribution is 6.30. The van der Waals surface area contributed by atoms with E-state index in [1.165, 1.54) is 11.0 Å². The van der Waals surface area contributed by atoms with Gasteiger partial charge in [-0.25, -0.2) is 14.2 Å². The van der Waals surface area contributed by atoms with Crippen LogP contribution >= 0.6 is 11.6 Å². The van der Waals surface area contributed by atoms with Gasteiger partial charge in [0.2, 0.25) is 5.82 Å². The lowest BCUT2D eigenvalue weighted by molar-refractivity contribution is -0.151. The maximum Gasteiger partial charge on any atom is 0.407 e. The summed E-state index contributed by atoms with van der Waals surface area (Å²) in [7, 11) is 0. The number of nitrogens with one attached hydrogen (secondary N) is 1. The smallest absolute Gasteiger partial charge is 0.407 e. The minimum Gasteiger partial charge on any atom is -0.466 e. The summed E-state index contributed by atoms with van der Waals surface area (Å²) >= 11 is 5.72. The summed E-state index contributed by atoms with van der Waals surface area (Å²) in [6.45, 7) is 7.30. The molecule has 0 saturated heterocycles. The highest BCUT2D eigenvalue weighted by atomic mass is 35.5. The molecular formula is C25H28ClFN6O5. The van der Waals surface area contributed by atoms with Crippen molar-refractivity contribution in [2.75, 3.05) is 6.61 Å². The average molecular weight is 547 g/mol. The van der Waals surface area contributed by atoms with E-state index in [4.69, 9.17) is 25.8 Å². The maximum absolute atomic E-state index is 14.0. The van der Waals surface area contributed by atoms with Crippen molar-refractivity contribution in [1.82, 2.24) is 30.5 Å². The summed E-state index contributed by atoms with van der Waals surface area (Å²) in [5, 5.41) is 15.6. The molecule has 1 fully saturated rings. The molecule has 1 amide bonds. The lowest BCUT2D eigenvalue weighted by atomic mass is 9.96. The van der Waals surface area contributed by atoms with Gasteiger partial charge in [-0.3, -0.25) is 4.79 Å². The first-order chi connectivity index (χ1) is 18.0. The van der Waals surface area contributed by atoms with E-state index in [2.05, 4.69) is 25.7 Å². The Balaban J connectivity index is 1.48. The number of tetrazole rings is 1. The van der Waals surface area contributed by atoms with Crippen molar-refractivity contribution < 1.29 is 28.2 Å². The van der Waals surface area contributed by atoms with Crippen LogP contribution in [0.3, 0.4) is 0 Å². The minimum atomic E-state index is -0.884. The zero-order valence-corrected chi connectivity index (χ0v) is 22.2. The van der Waals surface area contributed by atoms with Gasteiger partial charge in [0.1, 0.15) is 11.4 Å². The summed E-state index contributed by atoms with van der Waals surface area (Å²) in [4.78, 5) is 30.4. The number of carbonyl (C=O) groups excluding carboxylic acids is 2. The molecule has 0 aliphatic heterocycles. The number of amides is 1. The number of pyridine rings is 1. The van der Waals surface area contributed by atoms with E-state index >= 15 is 0 Å². The number of halogens is 2. The van der Waals surface area contributed by atoms with Gasteiger partial charge in [-0.1, -0.05) is 11.6 Å². The molecule has 1 aliphatic rings. The van der Waals surface area contributed by atoms with Crippen LogP contribution in [0.5, 0.6) is 11.6 Å². The summed E-state index contributed by atoms with van der Waals surface area (Å²) in [6.07, 6.45) is 1.74. The molecular weight excluding hydrogens is 519 g/mol. The Bertz CT molecular complexity index is 1310. The molecule has 1 aliphatic carbocycles. The molecule has 2 heterocycles. The molecule has 1 aromatic carbocycles. The monoisotopic (exact) mass is 546 g/mol. The summed E-state index contributed by atoms with van der Waals surface area (Å²) in [5.74, 6) is -0.614. The third kappa shape index (κ3) is 6.55. The second-order valence-corrected chi connectivity index (χ2v) is 10.2. The lowest BCUT2D eigenvalue weighted by Gasteiger charge is -2.27. The first-order valence-corrected chi connectivity index (χ1v) is 12.4. The van der Waals surface area contributed by atoms with E-state index in [0.29, 0.717) is 30.0 Å². The number of benzene rings is 1. The Labute approximate surface area is 223 Å². The second kappa shape index (κ2) is 10.9. The molecule has 0 radical (unpaired) electrons. The normalized spacial score (nSPS) is 14.9. The van der Waals surface area contributed by atoms with Crippen LogP contribution in [-0.2, 0) is 20.8 Å². The third-order valence-electron chi connectivity index (χ3n) is 5.73. The zero-order valence-electron chi connectivity index (χ0n) is 21.4. The van der Waals surface area contributed by atoms with Crippen molar-refractivity contribution in [3.63, 3.8) is 0 Å². The van der Waals surface area contributed by atoms with Gasteiger partial charge >= 0.3 is 12.1 Å². The fourth-order valence-electron chi connectivity index (χ4n) is 3.77. The van der Waals surface area contributed by atoms with E-state index in [-0.39, 0.29) is 30.0 Å². The molecule has 13 heteroatoms.